The van der Waals surface area contributed by atoms with E-state index >= 15 is 4.39 Å². The zero-order valence-electron chi connectivity index (χ0n) is 38.7. The second kappa shape index (κ2) is 26.7. The molecule has 2 aromatic carbocycles. The maximum Gasteiger partial charge on any atom is 0.333 e. The Labute approximate surface area is 382 Å². The van der Waals surface area contributed by atoms with Gasteiger partial charge in [0.15, 0.2) is 0 Å². The normalized spacial score (nSPS) is 14.6. The minimum Gasteiger partial charge on any atom is -0.492 e. The quantitative estimate of drug-likeness (QED) is 0.0361. The van der Waals surface area contributed by atoms with Crippen LogP contribution in [0.5, 0.6) is 5.75 Å². The lowest BCUT2D eigenvalue weighted by atomic mass is 9.77. The van der Waals surface area contributed by atoms with Gasteiger partial charge in [-0.1, -0.05) is 77.1 Å². The first-order chi connectivity index (χ1) is 30.9. The van der Waals surface area contributed by atoms with Gasteiger partial charge in [-0.25, -0.2) is 23.6 Å². The molecular formula is C51H65FO13. The van der Waals surface area contributed by atoms with Crippen molar-refractivity contribution in [1.29, 1.82) is 0 Å². The van der Waals surface area contributed by atoms with E-state index in [9.17, 15) is 28.8 Å². The molecule has 0 N–H and O–H groups in total. The van der Waals surface area contributed by atoms with Gasteiger partial charge in [0, 0.05) is 27.9 Å². The lowest BCUT2D eigenvalue weighted by molar-refractivity contribution is -0.163. The predicted molar refractivity (Wildman–Crippen MR) is 242 cm³/mol. The number of unbranched alkanes of at least 4 members (excludes halogenated alkanes) is 2. The fraction of sp³-hybridized carbons (Fsp3) is 0.490. The largest absolute Gasteiger partial charge is 0.492 e. The summed E-state index contributed by atoms with van der Waals surface area (Å²) in [5.74, 6) is -3.88. The Balaban J connectivity index is 1.99. The number of halogens is 1. The van der Waals surface area contributed by atoms with E-state index in [0.29, 0.717) is 41.2 Å². The van der Waals surface area contributed by atoms with Gasteiger partial charge in [-0.15, -0.1) is 0 Å². The Hall–Kier alpha value is -6.05. The highest BCUT2D eigenvalue weighted by Crippen LogP contribution is 2.39. The van der Waals surface area contributed by atoms with Crippen LogP contribution in [0.1, 0.15) is 108 Å². The van der Waals surface area contributed by atoms with E-state index in [4.69, 9.17) is 23.7 Å². The van der Waals surface area contributed by atoms with E-state index < -0.39 is 80.5 Å². The highest BCUT2D eigenvalue weighted by atomic mass is 19.1. The van der Waals surface area contributed by atoms with E-state index in [1.165, 1.54) is 39.5 Å². The van der Waals surface area contributed by atoms with Gasteiger partial charge >= 0.3 is 35.8 Å². The predicted octanol–water partition coefficient (Wildman–Crippen LogP) is 9.21. The van der Waals surface area contributed by atoms with Crippen molar-refractivity contribution in [3.8, 4) is 16.9 Å². The molecule has 0 bridgehead atoms. The molecule has 1 fully saturated rings. The SMILES string of the molecule is C=C(C)C(=O)OCCCc1cc(-c2ccc(C3CCC(CCCCC)CC3)cc2F)ccc1OCC(COC(=O)CC(=C)C(=O)OC)(COC(=O)CC(=C)C(=O)OC)COC(=O)C(=C)C. The van der Waals surface area contributed by atoms with Crippen molar-refractivity contribution >= 4 is 35.8 Å². The van der Waals surface area contributed by atoms with Crippen LogP contribution in [0.25, 0.3) is 11.1 Å². The smallest absolute Gasteiger partial charge is 0.333 e. The van der Waals surface area contributed by atoms with E-state index in [0.717, 1.165) is 51.4 Å². The molecular weight excluding hydrogens is 840 g/mol. The number of carbonyl (C=O) groups excluding carboxylic acids is 6. The van der Waals surface area contributed by atoms with Crippen LogP contribution < -0.4 is 4.74 Å². The zero-order valence-corrected chi connectivity index (χ0v) is 38.7. The first kappa shape index (κ1) is 53.3. The van der Waals surface area contributed by atoms with Gasteiger partial charge in [0.1, 0.15) is 43.4 Å². The van der Waals surface area contributed by atoms with Crippen molar-refractivity contribution in [3.63, 3.8) is 0 Å². The Kier molecular flexibility index (Phi) is 21.9. The van der Waals surface area contributed by atoms with Crippen molar-refractivity contribution in [1.82, 2.24) is 0 Å². The minimum atomic E-state index is -1.61. The van der Waals surface area contributed by atoms with E-state index in [-0.39, 0.29) is 34.7 Å². The van der Waals surface area contributed by atoms with Gasteiger partial charge in [0.2, 0.25) is 0 Å². The molecule has 2 aromatic rings. The maximum absolute atomic E-state index is 16.1. The van der Waals surface area contributed by atoms with Crippen LogP contribution in [0.2, 0.25) is 0 Å². The number of hydrogen-bond donors (Lipinski definition) is 0. The highest BCUT2D eigenvalue weighted by molar-refractivity contribution is 5.94. The standard InChI is InChI=1S/C51H65FO13/c1-10-11-12-14-37-16-18-38(19-17-37)39-20-22-42(43(52)28-39)40-21-23-44(41(27-40)15-13-24-61-47(55)33(2)3)62-29-51(32-65-48(56)34(4)5,30-63-45(53)25-35(6)49(57)59-8)31-64-46(54)26-36(7)50(58)60-9/h20-23,27-28,37-38H,2,4,6-7,10-19,24-26,29-32H2,1,3,5,8-9H3. The summed E-state index contributed by atoms with van der Waals surface area (Å²) in [6.45, 7) is 17.5. The lowest BCUT2D eigenvalue weighted by Crippen LogP contribution is -2.44. The lowest BCUT2D eigenvalue weighted by Gasteiger charge is -2.32. The van der Waals surface area contributed by atoms with E-state index in [2.05, 4.69) is 42.7 Å². The summed E-state index contributed by atoms with van der Waals surface area (Å²) in [6.07, 6.45) is 8.83. The molecule has 0 saturated heterocycles. The van der Waals surface area contributed by atoms with E-state index in [1.807, 2.05) is 6.07 Å². The molecule has 0 unspecified atom stereocenters. The van der Waals surface area contributed by atoms with Gasteiger partial charge in [-0.2, -0.15) is 0 Å². The van der Waals surface area contributed by atoms with Crippen molar-refractivity contribution < 1.29 is 66.3 Å². The fourth-order valence-corrected chi connectivity index (χ4v) is 7.29. The topological polar surface area (TPSA) is 167 Å². The summed E-state index contributed by atoms with van der Waals surface area (Å²) in [5, 5.41) is 0. The number of methoxy groups -OCH3 is 2. The third-order valence-corrected chi connectivity index (χ3v) is 11.2. The molecule has 0 radical (unpaired) electrons. The second-order valence-corrected chi connectivity index (χ2v) is 16.8. The number of esters is 6. The maximum atomic E-state index is 16.1. The summed E-state index contributed by atoms with van der Waals surface area (Å²) in [4.78, 5) is 74.8. The van der Waals surface area contributed by atoms with Crippen LogP contribution in [0.3, 0.4) is 0 Å². The Morgan fingerprint density at radius 3 is 1.78 bits per heavy atom. The Bertz CT molecular complexity index is 2010. The van der Waals surface area contributed by atoms with Crippen molar-refractivity contribution in [2.45, 2.75) is 104 Å². The molecule has 14 heteroatoms. The van der Waals surface area contributed by atoms with Gasteiger partial charge in [0.25, 0.3) is 0 Å². The summed E-state index contributed by atoms with van der Waals surface area (Å²) in [6, 6.07) is 10.5. The zero-order chi connectivity index (χ0) is 48.1. The summed E-state index contributed by atoms with van der Waals surface area (Å²) >= 11 is 0. The first-order valence-electron chi connectivity index (χ1n) is 22.0. The van der Waals surface area contributed by atoms with Gasteiger partial charge < -0.3 is 33.2 Å². The first-order valence-corrected chi connectivity index (χ1v) is 22.0. The Morgan fingerprint density at radius 2 is 1.25 bits per heavy atom. The third kappa shape index (κ3) is 17.5. The third-order valence-electron chi connectivity index (χ3n) is 11.2. The van der Waals surface area contributed by atoms with Crippen molar-refractivity contribution in [2.24, 2.45) is 11.3 Å². The number of aryl methyl sites for hydroxylation is 1. The molecule has 0 aromatic heterocycles. The number of ether oxygens (including phenoxy) is 7. The molecule has 1 aliphatic carbocycles. The molecule has 0 atom stereocenters. The van der Waals surface area contributed by atoms with Crippen LogP contribution in [0, 0.1) is 17.2 Å². The molecule has 65 heavy (non-hydrogen) atoms. The number of hydrogen-bond acceptors (Lipinski definition) is 13. The molecule has 354 valence electrons. The monoisotopic (exact) mass is 904 g/mol. The summed E-state index contributed by atoms with van der Waals surface area (Å²) < 4.78 is 53.8. The van der Waals surface area contributed by atoms with Crippen LogP contribution in [-0.2, 0) is 63.6 Å². The van der Waals surface area contributed by atoms with Crippen molar-refractivity contribution in [3.05, 3.63) is 102 Å². The number of benzene rings is 2. The number of rotatable bonds is 27. The van der Waals surface area contributed by atoms with Crippen LogP contribution >= 0.6 is 0 Å². The Morgan fingerprint density at radius 1 is 0.677 bits per heavy atom. The van der Waals surface area contributed by atoms with Gasteiger partial charge in [-0.05, 0) is 99.1 Å². The summed E-state index contributed by atoms with van der Waals surface area (Å²) in [5.41, 5.74) is 0.811. The van der Waals surface area contributed by atoms with Crippen LogP contribution in [0.15, 0.2) is 85.0 Å². The number of carbonyl (C=O) groups is 6. The van der Waals surface area contributed by atoms with Crippen LogP contribution in [-0.4, -0.2) is 83.1 Å². The summed E-state index contributed by atoms with van der Waals surface area (Å²) in [7, 11) is 2.26. The molecule has 13 nitrogen and oxygen atoms in total. The average Bonchev–Trinajstić information content (AvgIpc) is 3.29. The molecule has 3 rings (SSSR count). The van der Waals surface area contributed by atoms with E-state index in [1.54, 1.807) is 30.3 Å². The van der Waals surface area contributed by atoms with Crippen LogP contribution in [0.4, 0.5) is 4.39 Å². The average molecular weight is 905 g/mol. The minimum absolute atomic E-state index is 0.0414. The van der Waals surface area contributed by atoms with Gasteiger partial charge in [0.05, 0.1) is 33.7 Å². The molecule has 0 heterocycles. The van der Waals surface area contributed by atoms with Gasteiger partial charge in [-0.3, -0.25) is 9.59 Å². The highest BCUT2D eigenvalue weighted by Gasteiger charge is 2.38. The van der Waals surface area contributed by atoms with Crippen molar-refractivity contribution in [2.75, 3.05) is 47.3 Å². The fourth-order valence-electron chi connectivity index (χ4n) is 7.29. The molecule has 1 saturated carbocycles. The molecule has 0 amide bonds. The molecule has 0 aliphatic heterocycles. The molecule has 1 aliphatic rings. The molecule has 0 spiro atoms. The second-order valence-electron chi connectivity index (χ2n) is 16.8.